The molecule has 130 valence electrons. The highest BCUT2D eigenvalue weighted by atomic mass is 16.5. The van der Waals surface area contributed by atoms with Crippen molar-refractivity contribution < 1.29 is 9.53 Å². The maximum Gasteiger partial charge on any atom is 0.220 e. The van der Waals surface area contributed by atoms with Crippen LogP contribution in [-0.2, 0) is 11.2 Å². The van der Waals surface area contributed by atoms with E-state index in [2.05, 4.69) is 11.4 Å². The smallest absolute Gasteiger partial charge is 0.220 e. The zero-order chi connectivity index (χ0) is 16.6. The number of carbonyl (C=O) groups excluding carboxylic acids is 1. The molecule has 0 radical (unpaired) electrons. The molecule has 3 nitrogen and oxygen atoms in total. The van der Waals surface area contributed by atoms with E-state index < -0.39 is 0 Å². The molecule has 1 aromatic rings. The Morgan fingerprint density at radius 3 is 2.38 bits per heavy atom. The summed E-state index contributed by atoms with van der Waals surface area (Å²) in [4.78, 5) is 12.5. The van der Waals surface area contributed by atoms with E-state index >= 15 is 0 Å². The third kappa shape index (κ3) is 3.18. The van der Waals surface area contributed by atoms with E-state index in [-0.39, 0.29) is 5.91 Å². The zero-order valence-corrected chi connectivity index (χ0v) is 14.7. The molecule has 0 aliphatic heterocycles. The molecule has 0 saturated heterocycles. The van der Waals surface area contributed by atoms with Gasteiger partial charge in [-0.1, -0.05) is 18.2 Å². The van der Waals surface area contributed by atoms with Crippen molar-refractivity contribution in [1.82, 2.24) is 5.32 Å². The van der Waals surface area contributed by atoms with Gasteiger partial charge in [-0.3, -0.25) is 4.79 Å². The Hall–Kier alpha value is -1.51. The van der Waals surface area contributed by atoms with Crippen LogP contribution in [-0.4, -0.2) is 19.6 Å². The topological polar surface area (TPSA) is 38.3 Å². The fourth-order valence-electron chi connectivity index (χ4n) is 6.16. The Morgan fingerprint density at radius 2 is 1.75 bits per heavy atom. The van der Waals surface area contributed by atoms with Crippen LogP contribution >= 0.6 is 0 Å². The Bertz CT molecular complexity index is 574. The van der Waals surface area contributed by atoms with Crippen LogP contribution in [0.5, 0.6) is 5.75 Å². The van der Waals surface area contributed by atoms with Gasteiger partial charge in [-0.15, -0.1) is 0 Å². The molecule has 5 rings (SSSR count). The monoisotopic (exact) mass is 327 g/mol. The number of nitrogens with one attached hydrogen (secondary N) is 1. The molecule has 4 saturated carbocycles. The van der Waals surface area contributed by atoms with Gasteiger partial charge in [-0.25, -0.2) is 0 Å². The highest BCUT2D eigenvalue weighted by molar-refractivity contribution is 5.76. The minimum absolute atomic E-state index is 0.256. The summed E-state index contributed by atoms with van der Waals surface area (Å²) in [7, 11) is 1.70. The van der Waals surface area contributed by atoms with Crippen molar-refractivity contribution in [1.29, 1.82) is 0 Å². The lowest BCUT2D eigenvalue weighted by molar-refractivity contribution is -0.129. The standard InChI is InChI=1S/C21H29NO2/c1-24-19-5-3-2-4-18(19)6-7-22-20(23)14-21-11-15-8-16(12-21)10-17(9-15)13-21/h2-5,15-17H,6-14H2,1H3,(H,22,23). The Balaban J connectivity index is 1.30. The van der Waals surface area contributed by atoms with E-state index in [1.54, 1.807) is 7.11 Å². The molecule has 4 aliphatic carbocycles. The van der Waals surface area contributed by atoms with E-state index in [0.717, 1.165) is 41.9 Å². The molecule has 1 amide bonds. The van der Waals surface area contributed by atoms with Crippen LogP contribution in [0.2, 0.25) is 0 Å². The summed E-state index contributed by atoms with van der Waals surface area (Å²) in [6.07, 6.45) is 9.81. The van der Waals surface area contributed by atoms with E-state index in [9.17, 15) is 4.79 Å². The van der Waals surface area contributed by atoms with Gasteiger partial charge in [-0.05, 0) is 79.7 Å². The normalized spacial score (nSPS) is 33.5. The van der Waals surface area contributed by atoms with Crippen molar-refractivity contribution in [3.63, 3.8) is 0 Å². The molecular formula is C21H29NO2. The fraction of sp³-hybridized carbons (Fsp3) is 0.667. The molecule has 0 spiro atoms. The molecule has 1 N–H and O–H groups in total. The Labute approximate surface area is 145 Å². The summed E-state index contributed by atoms with van der Waals surface area (Å²) in [5.74, 6) is 3.91. The number of hydrogen-bond acceptors (Lipinski definition) is 2. The van der Waals surface area contributed by atoms with Gasteiger partial charge in [-0.2, -0.15) is 0 Å². The van der Waals surface area contributed by atoms with Crippen molar-refractivity contribution in [3.8, 4) is 5.75 Å². The van der Waals surface area contributed by atoms with Crippen LogP contribution in [0.25, 0.3) is 0 Å². The summed E-state index contributed by atoms with van der Waals surface area (Å²) in [5.41, 5.74) is 1.50. The first kappa shape index (κ1) is 16.0. The first-order valence-corrected chi connectivity index (χ1v) is 9.54. The molecule has 0 heterocycles. The average Bonchev–Trinajstić information content (AvgIpc) is 2.53. The van der Waals surface area contributed by atoms with E-state index in [0.29, 0.717) is 12.0 Å². The molecule has 4 bridgehead atoms. The van der Waals surface area contributed by atoms with Crippen LogP contribution in [0, 0.1) is 23.2 Å². The number of amides is 1. The number of rotatable bonds is 6. The van der Waals surface area contributed by atoms with Gasteiger partial charge in [0.25, 0.3) is 0 Å². The lowest BCUT2D eigenvalue weighted by Gasteiger charge is -2.56. The first-order chi connectivity index (χ1) is 11.7. The summed E-state index contributed by atoms with van der Waals surface area (Å²) in [5, 5.41) is 3.16. The number of hydrogen-bond donors (Lipinski definition) is 1. The molecule has 4 aliphatic rings. The Morgan fingerprint density at radius 1 is 1.12 bits per heavy atom. The van der Waals surface area contributed by atoms with Crippen molar-refractivity contribution in [3.05, 3.63) is 29.8 Å². The van der Waals surface area contributed by atoms with Crippen LogP contribution in [0.3, 0.4) is 0 Å². The van der Waals surface area contributed by atoms with Gasteiger partial charge in [0.15, 0.2) is 0 Å². The minimum atomic E-state index is 0.256. The fourth-order valence-corrected chi connectivity index (χ4v) is 6.16. The second kappa shape index (κ2) is 6.42. The maximum atomic E-state index is 12.5. The van der Waals surface area contributed by atoms with Gasteiger partial charge in [0.2, 0.25) is 5.91 Å². The molecular weight excluding hydrogens is 298 g/mol. The van der Waals surface area contributed by atoms with Crippen molar-refractivity contribution in [2.45, 2.75) is 51.4 Å². The van der Waals surface area contributed by atoms with Gasteiger partial charge in [0, 0.05) is 13.0 Å². The quantitative estimate of drug-likeness (QED) is 0.859. The van der Waals surface area contributed by atoms with Gasteiger partial charge in [0.1, 0.15) is 5.75 Å². The van der Waals surface area contributed by atoms with Crippen LogP contribution in [0.1, 0.15) is 50.5 Å². The molecule has 0 atom stereocenters. The van der Waals surface area contributed by atoms with Crippen molar-refractivity contribution in [2.75, 3.05) is 13.7 Å². The van der Waals surface area contributed by atoms with Crippen LogP contribution in [0.15, 0.2) is 24.3 Å². The first-order valence-electron chi connectivity index (χ1n) is 9.54. The molecule has 0 aromatic heterocycles. The van der Waals surface area contributed by atoms with Gasteiger partial charge < -0.3 is 10.1 Å². The zero-order valence-electron chi connectivity index (χ0n) is 14.7. The Kier molecular flexibility index (Phi) is 4.28. The van der Waals surface area contributed by atoms with Crippen LogP contribution < -0.4 is 10.1 Å². The summed E-state index contributed by atoms with van der Waals surface area (Å²) < 4.78 is 5.38. The number of para-hydroxylation sites is 1. The molecule has 24 heavy (non-hydrogen) atoms. The molecule has 3 heteroatoms. The molecule has 0 unspecified atom stereocenters. The van der Waals surface area contributed by atoms with E-state index in [1.807, 2.05) is 18.2 Å². The minimum Gasteiger partial charge on any atom is -0.496 e. The third-order valence-electron chi connectivity index (χ3n) is 6.61. The summed E-state index contributed by atoms with van der Waals surface area (Å²) >= 11 is 0. The SMILES string of the molecule is COc1ccccc1CCNC(=O)CC12CC3CC(CC(C3)C1)C2. The number of methoxy groups -OCH3 is 1. The molecule has 4 fully saturated rings. The summed E-state index contributed by atoms with van der Waals surface area (Å²) in [6.45, 7) is 0.700. The van der Waals surface area contributed by atoms with E-state index in [1.165, 1.54) is 38.5 Å². The van der Waals surface area contributed by atoms with Crippen molar-refractivity contribution >= 4 is 5.91 Å². The predicted octanol–water partition coefficient (Wildman–Crippen LogP) is 3.96. The predicted molar refractivity (Wildman–Crippen MR) is 94.9 cm³/mol. The second-order valence-corrected chi connectivity index (χ2v) is 8.51. The average molecular weight is 327 g/mol. The maximum absolute atomic E-state index is 12.5. The van der Waals surface area contributed by atoms with Crippen molar-refractivity contribution in [2.24, 2.45) is 23.2 Å². The third-order valence-corrected chi connectivity index (χ3v) is 6.61. The highest BCUT2D eigenvalue weighted by Crippen LogP contribution is 2.61. The van der Waals surface area contributed by atoms with E-state index in [4.69, 9.17) is 4.74 Å². The van der Waals surface area contributed by atoms with Gasteiger partial charge in [0.05, 0.1) is 7.11 Å². The summed E-state index contributed by atoms with van der Waals surface area (Å²) in [6, 6.07) is 8.06. The second-order valence-electron chi connectivity index (χ2n) is 8.51. The lowest BCUT2D eigenvalue weighted by Crippen LogP contribution is -2.48. The molecule has 1 aromatic carbocycles. The number of ether oxygens (including phenoxy) is 1. The van der Waals surface area contributed by atoms with Crippen LogP contribution in [0.4, 0.5) is 0 Å². The highest BCUT2D eigenvalue weighted by Gasteiger charge is 2.51. The number of benzene rings is 1. The largest absolute Gasteiger partial charge is 0.496 e. The van der Waals surface area contributed by atoms with Gasteiger partial charge >= 0.3 is 0 Å². The number of carbonyl (C=O) groups is 1. The lowest BCUT2D eigenvalue weighted by atomic mass is 9.49.